The van der Waals surface area contributed by atoms with Crippen molar-refractivity contribution < 1.29 is 9.47 Å². The number of ether oxygens (including phenoxy) is 2. The summed E-state index contributed by atoms with van der Waals surface area (Å²) in [4.78, 5) is 1.37. The van der Waals surface area contributed by atoms with Crippen molar-refractivity contribution in [1.29, 1.82) is 0 Å². The topological polar surface area (TPSA) is 30.5 Å². The molecule has 1 aliphatic heterocycles. The summed E-state index contributed by atoms with van der Waals surface area (Å²) in [6, 6.07) is 2.52. The molecule has 3 nitrogen and oxygen atoms in total. The Hall–Kier alpha value is 0.0600. The molecule has 0 amide bonds. The summed E-state index contributed by atoms with van der Waals surface area (Å²) < 4.78 is 12.4. The molecule has 5 heteroatoms. The van der Waals surface area contributed by atoms with E-state index in [1.165, 1.54) is 4.88 Å². The van der Waals surface area contributed by atoms with Crippen LogP contribution in [0.4, 0.5) is 0 Å². The van der Waals surface area contributed by atoms with E-state index in [1.807, 2.05) is 0 Å². The Balaban J connectivity index is 1.95. The Morgan fingerprint density at radius 1 is 1.59 bits per heavy atom. The molecule has 2 heterocycles. The monoisotopic (exact) mass is 319 g/mol. The smallest absolute Gasteiger partial charge is 0.0965 e. The number of halogens is 1. The summed E-state index contributed by atoms with van der Waals surface area (Å²) in [5.74, 6) is 0. The number of nitrogens with one attached hydrogen (secondary N) is 1. The predicted molar refractivity (Wildman–Crippen MR) is 73.7 cm³/mol. The van der Waals surface area contributed by atoms with Crippen molar-refractivity contribution in [3.8, 4) is 0 Å². The van der Waals surface area contributed by atoms with Gasteiger partial charge in [0, 0.05) is 20.8 Å². The van der Waals surface area contributed by atoms with E-state index in [9.17, 15) is 0 Å². The summed E-state index contributed by atoms with van der Waals surface area (Å²) in [6.45, 7) is 5.21. The lowest BCUT2D eigenvalue weighted by Gasteiger charge is -2.30. The van der Waals surface area contributed by atoms with Gasteiger partial charge in [-0.2, -0.15) is 0 Å². The molecule has 1 N–H and O–H groups in total. The molecule has 0 spiro atoms. The maximum atomic E-state index is 5.78. The molecule has 1 aromatic heterocycles. The van der Waals surface area contributed by atoms with Gasteiger partial charge < -0.3 is 14.8 Å². The fourth-order valence-corrected chi connectivity index (χ4v) is 3.52. The third kappa shape index (κ3) is 4.03. The van der Waals surface area contributed by atoms with Crippen molar-refractivity contribution in [2.45, 2.75) is 25.5 Å². The van der Waals surface area contributed by atoms with E-state index in [0.717, 1.165) is 24.0 Å². The van der Waals surface area contributed by atoms with Crippen molar-refractivity contribution in [1.82, 2.24) is 5.32 Å². The van der Waals surface area contributed by atoms with Crippen molar-refractivity contribution in [2.24, 2.45) is 0 Å². The first-order valence-electron chi connectivity index (χ1n) is 5.95. The number of rotatable bonds is 5. The van der Waals surface area contributed by atoms with Gasteiger partial charge in [-0.3, -0.25) is 0 Å². The first-order valence-corrected chi connectivity index (χ1v) is 7.62. The largest absolute Gasteiger partial charge is 0.376 e. The zero-order valence-corrected chi connectivity index (χ0v) is 12.4. The highest BCUT2D eigenvalue weighted by molar-refractivity contribution is 9.10. The predicted octanol–water partition coefficient (Wildman–Crippen LogP) is 2.45. The van der Waals surface area contributed by atoms with Crippen molar-refractivity contribution in [2.75, 3.05) is 26.4 Å². The molecule has 17 heavy (non-hydrogen) atoms. The number of hydrogen-bond donors (Lipinski definition) is 1. The van der Waals surface area contributed by atoms with Gasteiger partial charge in [0.05, 0.1) is 25.9 Å². The molecule has 1 aromatic rings. The van der Waals surface area contributed by atoms with Gasteiger partial charge in [0.2, 0.25) is 0 Å². The summed E-state index contributed by atoms with van der Waals surface area (Å²) in [7, 11) is 0. The summed E-state index contributed by atoms with van der Waals surface area (Å²) in [5.41, 5.74) is 0. The minimum atomic E-state index is 0.171. The number of likely N-dealkylation sites (N-methyl/N-ethyl adjacent to an activating group) is 1. The molecular formula is C12H18BrNO2S. The first kappa shape index (κ1) is 13.5. The molecule has 2 rings (SSSR count). The number of hydrogen-bond acceptors (Lipinski definition) is 4. The van der Waals surface area contributed by atoms with E-state index in [2.05, 4.69) is 39.6 Å². The molecule has 0 radical (unpaired) electrons. The Morgan fingerprint density at radius 3 is 3.06 bits per heavy atom. The van der Waals surface area contributed by atoms with E-state index < -0.39 is 0 Å². The molecule has 0 aromatic carbocycles. The van der Waals surface area contributed by atoms with Crippen LogP contribution in [0.15, 0.2) is 15.9 Å². The van der Waals surface area contributed by atoms with Crippen molar-refractivity contribution >= 4 is 27.3 Å². The second kappa shape index (κ2) is 6.85. The van der Waals surface area contributed by atoms with Crippen LogP contribution in [0.25, 0.3) is 0 Å². The molecule has 1 saturated heterocycles. The molecule has 96 valence electrons. The molecule has 2 unspecified atom stereocenters. The van der Waals surface area contributed by atoms with E-state index >= 15 is 0 Å². The van der Waals surface area contributed by atoms with Gasteiger partial charge in [-0.25, -0.2) is 0 Å². The van der Waals surface area contributed by atoms with Crippen LogP contribution >= 0.6 is 27.3 Å². The van der Waals surface area contributed by atoms with Crippen LogP contribution in [-0.2, 0) is 15.9 Å². The quantitative estimate of drug-likeness (QED) is 0.904. The average Bonchev–Trinajstić information content (AvgIpc) is 2.75. The SMILES string of the molecule is CCNC(Cc1cc(Br)cs1)C1COCCO1. The fraction of sp³-hybridized carbons (Fsp3) is 0.667. The summed E-state index contributed by atoms with van der Waals surface area (Å²) in [5, 5.41) is 5.62. The summed E-state index contributed by atoms with van der Waals surface area (Å²) in [6.07, 6.45) is 1.17. The van der Waals surface area contributed by atoms with Gasteiger partial charge in [0.15, 0.2) is 0 Å². The van der Waals surface area contributed by atoms with Crippen LogP contribution < -0.4 is 5.32 Å². The minimum Gasteiger partial charge on any atom is -0.376 e. The van der Waals surface area contributed by atoms with Gasteiger partial charge in [-0.15, -0.1) is 11.3 Å². The maximum absolute atomic E-state index is 5.78. The standard InChI is InChI=1S/C12H18BrNO2S/c1-2-14-11(12-7-15-3-4-16-12)6-10-5-9(13)8-17-10/h5,8,11-12,14H,2-4,6-7H2,1H3. The van der Waals surface area contributed by atoms with Crippen LogP contribution in [-0.4, -0.2) is 38.5 Å². The lowest BCUT2D eigenvalue weighted by Crippen LogP contribution is -2.47. The van der Waals surface area contributed by atoms with Crippen LogP contribution in [0.1, 0.15) is 11.8 Å². The lowest BCUT2D eigenvalue weighted by atomic mass is 10.1. The minimum absolute atomic E-state index is 0.171. The number of thiophene rings is 1. The first-order chi connectivity index (χ1) is 8.29. The third-order valence-electron chi connectivity index (χ3n) is 2.80. The van der Waals surface area contributed by atoms with Gasteiger partial charge in [-0.05, 0) is 35.0 Å². The van der Waals surface area contributed by atoms with Gasteiger partial charge >= 0.3 is 0 Å². The van der Waals surface area contributed by atoms with Crippen molar-refractivity contribution in [3.05, 3.63) is 20.8 Å². The van der Waals surface area contributed by atoms with Gasteiger partial charge in [-0.1, -0.05) is 6.92 Å². The van der Waals surface area contributed by atoms with Crippen LogP contribution in [0.2, 0.25) is 0 Å². The highest BCUT2D eigenvalue weighted by Gasteiger charge is 2.25. The van der Waals surface area contributed by atoms with E-state index in [4.69, 9.17) is 9.47 Å². The van der Waals surface area contributed by atoms with E-state index in [0.29, 0.717) is 19.3 Å². The fourth-order valence-electron chi connectivity index (χ4n) is 2.01. The third-order valence-corrected chi connectivity index (χ3v) is 4.52. The Bertz CT molecular complexity index is 339. The lowest BCUT2D eigenvalue weighted by molar-refractivity contribution is -0.101. The van der Waals surface area contributed by atoms with Crippen LogP contribution in [0, 0.1) is 0 Å². The van der Waals surface area contributed by atoms with E-state index in [-0.39, 0.29) is 6.10 Å². The molecule has 0 aliphatic carbocycles. The zero-order valence-electron chi connectivity index (χ0n) is 9.95. The Labute approximate surface area is 115 Å². The molecule has 2 atom stereocenters. The second-order valence-electron chi connectivity index (χ2n) is 4.08. The second-order valence-corrected chi connectivity index (χ2v) is 6.00. The molecule has 1 aliphatic rings. The zero-order chi connectivity index (χ0) is 12.1. The van der Waals surface area contributed by atoms with Crippen molar-refractivity contribution in [3.63, 3.8) is 0 Å². The van der Waals surface area contributed by atoms with Gasteiger partial charge in [0.25, 0.3) is 0 Å². The van der Waals surface area contributed by atoms with Gasteiger partial charge in [0.1, 0.15) is 0 Å². The molecular weight excluding hydrogens is 302 g/mol. The summed E-state index contributed by atoms with van der Waals surface area (Å²) >= 11 is 5.28. The normalized spacial score (nSPS) is 22.6. The molecule has 0 saturated carbocycles. The average molecular weight is 320 g/mol. The highest BCUT2D eigenvalue weighted by atomic mass is 79.9. The Morgan fingerprint density at radius 2 is 2.47 bits per heavy atom. The van der Waals surface area contributed by atoms with Crippen LogP contribution in [0.5, 0.6) is 0 Å². The highest BCUT2D eigenvalue weighted by Crippen LogP contribution is 2.22. The maximum Gasteiger partial charge on any atom is 0.0965 e. The van der Waals surface area contributed by atoms with E-state index in [1.54, 1.807) is 11.3 Å². The molecule has 0 bridgehead atoms. The molecule has 1 fully saturated rings. The Kier molecular flexibility index (Phi) is 5.44. The van der Waals surface area contributed by atoms with Crippen LogP contribution in [0.3, 0.4) is 0 Å².